The number of aryl methyl sites for hydroxylation is 2. The summed E-state index contributed by atoms with van der Waals surface area (Å²) in [6, 6.07) is 14.2. The van der Waals surface area contributed by atoms with Gasteiger partial charge in [0, 0.05) is 29.0 Å². The summed E-state index contributed by atoms with van der Waals surface area (Å²) in [5.74, 6) is 3.11. The molecule has 3 aromatic rings. The van der Waals surface area contributed by atoms with Crippen LogP contribution in [0.5, 0.6) is 28.7 Å². The summed E-state index contributed by atoms with van der Waals surface area (Å²) in [5.41, 5.74) is 4.01. The number of benzene rings is 3. The molecule has 184 valence electrons. The third-order valence-corrected chi connectivity index (χ3v) is 5.92. The van der Waals surface area contributed by atoms with E-state index in [4.69, 9.17) is 14.2 Å². The molecule has 0 bridgehead atoms. The third-order valence-electron chi connectivity index (χ3n) is 5.92. The lowest BCUT2D eigenvalue weighted by atomic mass is 10.0. The first-order valence-corrected chi connectivity index (χ1v) is 11.8. The Morgan fingerprint density at radius 3 is 2.31 bits per heavy atom. The van der Waals surface area contributed by atoms with Crippen LogP contribution in [0, 0.1) is 13.8 Å². The largest absolute Gasteiger partial charge is 0.508 e. The molecule has 35 heavy (non-hydrogen) atoms. The van der Waals surface area contributed by atoms with E-state index in [1.807, 2.05) is 77.9 Å². The fourth-order valence-electron chi connectivity index (χ4n) is 4.23. The molecule has 0 saturated heterocycles. The molecule has 4 rings (SSSR count). The monoisotopic (exact) mass is 476 g/mol. The molecule has 0 aliphatic carbocycles. The van der Waals surface area contributed by atoms with Gasteiger partial charge >= 0.3 is 6.03 Å². The Bertz CT molecular complexity index is 1230. The zero-order valence-corrected chi connectivity index (χ0v) is 21.0. The highest BCUT2D eigenvalue weighted by atomic mass is 16.7. The van der Waals surface area contributed by atoms with Gasteiger partial charge < -0.3 is 24.6 Å². The molecule has 0 fully saturated rings. The highest BCUT2D eigenvalue weighted by Crippen LogP contribution is 2.37. The molecule has 0 aromatic heterocycles. The van der Waals surface area contributed by atoms with Crippen molar-refractivity contribution in [1.29, 1.82) is 0 Å². The molecule has 2 amide bonds. The quantitative estimate of drug-likeness (QED) is 0.397. The number of ether oxygens (including phenoxy) is 3. The Kier molecular flexibility index (Phi) is 6.78. The fourth-order valence-corrected chi connectivity index (χ4v) is 4.23. The first-order chi connectivity index (χ1) is 16.6. The van der Waals surface area contributed by atoms with Gasteiger partial charge in [-0.3, -0.25) is 4.90 Å². The first kappa shape index (κ1) is 24.3. The maximum atomic E-state index is 13.3. The van der Waals surface area contributed by atoms with E-state index >= 15 is 0 Å². The molecule has 7 nitrogen and oxygen atoms in total. The van der Waals surface area contributed by atoms with Gasteiger partial charge in [-0.25, -0.2) is 4.79 Å². The van der Waals surface area contributed by atoms with Crippen molar-refractivity contribution in [2.24, 2.45) is 0 Å². The van der Waals surface area contributed by atoms with E-state index < -0.39 is 0 Å². The van der Waals surface area contributed by atoms with Crippen molar-refractivity contribution >= 4 is 17.4 Å². The molecule has 0 radical (unpaired) electrons. The van der Waals surface area contributed by atoms with Crippen molar-refractivity contribution in [1.82, 2.24) is 0 Å². The minimum Gasteiger partial charge on any atom is -0.508 e. The van der Waals surface area contributed by atoms with Crippen molar-refractivity contribution in [3.05, 3.63) is 65.2 Å². The van der Waals surface area contributed by atoms with Gasteiger partial charge in [-0.2, -0.15) is 0 Å². The van der Waals surface area contributed by atoms with Crippen LogP contribution in [-0.4, -0.2) is 24.0 Å². The Labute approximate surface area is 206 Å². The van der Waals surface area contributed by atoms with Gasteiger partial charge in [0.2, 0.25) is 6.79 Å². The van der Waals surface area contributed by atoms with Crippen LogP contribution in [0.2, 0.25) is 0 Å². The smallest absolute Gasteiger partial charge is 0.326 e. The topological polar surface area (TPSA) is 80.3 Å². The second-order valence-corrected chi connectivity index (χ2v) is 9.35. The summed E-state index contributed by atoms with van der Waals surface area (Å²) in [6.07, 6.45) is 0. The predicted molar refractivity (Wildman–Crippen MR) is 137 cm³/mol. The number of nitrogens with one attached hydrogen (secondary N) is 1. The molecule has 0 spiro atoms. The van der Waals surface area contributed by atoms with E-state index in [9.17, 15) is 9.90 Å². The van der Waals surface area contributed by atoms with Gasteiger partial charge in [-0.15, -0.1) is 0 Å². The summed E-state index contributed by atoms with van der Waals surface area (Å²) >= 11 is 0. The molecule has 0 saturated carbocycles. The Balaban J connectivity index is 1.55. The van der Waals surface area contributed by atoms with E-state index in [2.05, 4.69) is 5.32 Å². The Morgan fingerprint density at radius 1 is 0.971 bits per heavy atom. The summed E-state index contributed by atoms with van der Waals surface area (Å²) in [4.78, 5) is 15.0. The van der Waals surface area contributed by atoms with Crippen LogP contribution in [0.15, 0.2) is 48.5 Å². The molecule has 2 N–H and O–H groups in total. The van der Waals surface area contributed by atoms with Crippen LogP contribution in [0.3, 0.4) is 0 Å². The third kappa shape index (κ3) is 5.14. The number of aromatic hydroxyl groups is 1. The van der Waals surface area contributed by atoms with Gasteiger partial charge in [-0.1, -0.05) is 13.8 Å². The second-order valence-electron chi connectivity index (χ2n) is 9.35. The minimum absolute atomic E-state index is 0.0789. The minimum atomic E-state index is -0.244. The average Bonchev–Trinajstić information content (AvgIpc) is 3.25. The number of hydrogen-bond donors (Lipinski definition) is 2. The molecule has 3 aromatic carbocycles. The van der Waals surface area contributed by atoms with Gasteiger partial charge in [0.1, 0.15) is 17.2 Å². The summed E-state index contributed by atoms with van der Waals surface area (Å²) in [7, 11) is 0. The molecule has 0 unspecified atom stereocenters. The molecule has 1 aliphatic heterocycles. The normalized spacial score (nSPS) is 12.2. The predicted octanol–water partition coefficient (Wildman–Crippen LogP) is 7.10. The lowest BCUT2D eigenvalue weighted by molar-refractivity contribution is 0.174. The van der Waals surface area contributed by atoms with Gasteiger partial charge in [-0.05, 0) is 87.2 Å². The number of phenolic OH excluding ortho intramolecular Hbond substituents is 1. The van der Waals surface area contributed by atoms with E-state index in [1.54, 1.807) is 17.0 Å². The Morgan fingerprint density at radius 2 is 1.66 bits per heavy atom. The molecule has 1 aliphatic rings. The number of carbonyl (C=O) groups excluding carboxylic acids is 1. The Hall–Kier alpha value is -3.87. The number of anilines is 2. The van der Waals surface area contributed by atoms with Crippen molar-refractivity contribution in [2.45, 2.75) is 53.5 Å². The number of amides is 2. The van der Waals surface area contributed by atoms with Gasteiger partial charge in [0.25, 0.3) is 0 Å². The maximum Gasteiger partial charge on any atom is 0.326 e. The maximum absolute atomic E-state index is 13.3. The molecule has 0 atom stereocenters. The zero-order chi connectivity index (χ0) is 25.3. The number of carbonyl (C=O) groups is 1. The van der Waals surface area contributed by atoms with Gasteiger partial charge in [0.15, 0.2) is 11.5 Å². The van der Waals surface area contributed by atoms with E-state index in [-0.39, 0.29) is 30.5 Å². The number of fused-ring (bicyclic) bond motifs is 1. The van der Waals surface area contributed by atoms with Crippen LogP contribution in [0.4, 0.5) is 16.2 Å². The molecule has 7 heteroatoms. The van der Waals surface area contributed by atoms with Crippen LogP contribution >= 0.6 is 0 Å². The first-order valence-electron chi connectivity index (χ1n) is 11.8. The number of phenols is 1. The van der Waals surface area contributed by atoms with Crippen LogP contribution in [-0.2, 0) is 0 Å². The molecular formula is C28H32N2O5. The standard InChI is InChI=1S/C28H32N2O5/c1-16(2)23-14-22(8-9-24(23)31)35-27-18(5)11-20(12-19(27)6)29-28(32)30(17(3)4)21-7-10-25-26(13-21)34-15-33-25/h7-14,16-17,31H,15H2,1-6H3,(H,29,32). The van der Waals surface area contributed by atoms with Crippen molar-refractivity contribution in [3.63, 3.8) is 0 Å². The number of rotatable bonds is 6. The van der Waals surface area contributed by atoms with Crippen LogP contribution in [0.25, 0.3) is 0 Å². The molecular weight excluding hydrogens is 444 g/mol. The lowest BCUT2D eigenvalue weighted by Crippen LogP contribution is -2.40. The highest BCUT2D eigenvalue weighted by molar-refractivity contribution is 6.02. The fraction of sp³-hybridized carbons (Fsp3) is 0.321. The summed E-state index contributed by atoms with van der Waals surface area (Å²) in [5, 5.41) is 13.1. The number of nitrogens with zero attached hydrogens (tertiary/aromatic N) is 1. The van der Waals surface area contributed by atoms with Crippen molar-refractivity contribution in [3.8, 4) is 28.7 Å². The van der Waals surface area contributed by atoms with E-state index in [1.165, 1.54) is 0 Å². The zero-order valence-electron chi connectivity index (χ0n) is 21.0. The molecule has 1 heterocycles. The van der Waals surface area contributed by atoms with E-state index in [0.29, 0.717) is 22.9 Å². The lowest BCUT2D eigenvalue weighted by Gasteiger charge is -2.27. The highest BCUT2D eigenvalue weighted by Gasteiger charge is 2.23. The van der Waals surface area contributed by atoms with Crippen LogP contribution in [0.1, 0.15) is 50.3 Å². The number of urea groups is 1. The van der Waals surface area contributed by atoms with E-state index in [0.717, 1.165) is 28.1 Å². The number of hydrogen-bond acceptors (Lipinski definition) is 5. The summed E-state index contributed by atoms with van der Waals surface area (Å²) < 4.78 is 17.1. The SMILES string of the molecule is Cc1cc(NC(=O)N(c2ccc3c(c2)OCO3)C(C)C)cc(C)c1Oc1ccc(O)c(C(C)C)c1. The summed E-state index contributed by atoms with van der Waals surface area (Å²) in [6.45, 7) is 12.0. The second kappa shape index (κ2) is 9.78. The van der Waals surface area contributed by atoms with Crippen LogP contribution < -0.4 is 24.4 Å². The van der Waals surface area contributed by atoms with Crippen molar-refractivity contribution < 1.29 is 24.1 Å². The van der Waals surface area contributed by atoms with Crippen molar-refractivity contribution in [2.75, 3.05) is 17.0 Å². The average molecular weight is 477 g/mol. The van der Waals surface area contributed by atoms with Gasteiger partial charge in [0.05, 0.1) is 0 Å².